The van der Waals surface area contributed by atoms with Crippen molar-refractivity contribution < 1.29 is 8.42 Å². The van der Waals surface area contributed by atoms with E-state index in [1.54, 1.807) is 31.4 Å². The maximum Gasteiger partial charge on any atom is 0.153 e. The van der Waals surface area contributed by atoms with E-state index in [4.69, 9.17) is 0 Å². The summed E-state index contributed by atoms with van der Waals surface area (Å²) in [4.78, 5) is 4.17. The molecular formula is C10H18N2O2S2. The second-order valence-corrected chi connectivity index (χ2v) is 7.56. The van der Waals surface area contributed by atoms with Crippen molar-refractivity contribution >= 4 is 21.2 Å². The van der Waals surface area contributed by atoms with E-state index in [1.807, 2.05) is 12.3 Å². The third kappa shape index (κ3) is 3.84. The fourth-order valence-corrected chi connectivity index (χ4v) is 2.73. The molecule has 0 aliphatic carbocycles. The number of aromatic nitrogens is 1. The van der Waals surface area contributed by atoms with Gasteiger partial charge in [-0.05, 0) is 20.8 Å². The topological polar surface area (TPSA) is 59.1 Å². The van der Waals surface area contributed by atoms with Crippen LogP contribution in [0.2, 0.25) is 0 Å². The molecule has 6 heteroatoms. The lowest BCUT2D eigenvalue weighted by Gasteiger charge is -2.12. The zero-order valence-electron chi connectivity index (χ0n) is 9.80. The molecule has 0 amide bonds. The molecule has 1 aromatic rings. The van der Waals surface area contributed by atoms with Gasteiger partial charge in [0.1, 0.15) is 5.01 Å². The van der Waals surface area contributed by atoms with Crippen LogP contribution in [0, 0.1) is 0 Å². The second kappa shape index (κ2) is 5.75. The van der Waals surface area contributed by atoms with Crippen LogP contribution >= 0.6 is 11.3 Å². The summed E-state index contributed by atoms with van der Waals surface area (Å²) in [6, 6.07) is 0.113. The van der Waals surface area contributed by atoms with E-state index in [9.17, 15) is 8.42 Å². The van der Waals surface area contributed by atoms with Crippen LogP contribution in [0.4, 0.5) is 0 Å². The van der Waals surface area contributed by atoms with Crippen LogP contribution in [0.25, 0.3) is 0 Å². The average Bonchev–Trinajstić information content (AvgIpc) is 2.69. The Kier molecular flexibility index (Phi) is 4.89. The highest BCUT2D eigenvalue weighted by atomic mass is 32.2. The molecule has 0 aliphatic heterocycles. The molecule has 0 aliphatic rings. The normalized spacial score (nSPS) is 14.2. The highest BCUT2D eigenvalue weighted by Gasteiger charge is 2.16. The summed E-state index contributed by atoms with van der Waals surface area (Å²) in [5.41, 5.74) is 0. The van der Waals surface area contributed by atoms with Crippen LogP contribution in [-0.4, -0.2) is 30.9 Å². The number of rotatable bonds is 6. The molecule has 1 N–H and O–H groups in total. The van der Waals surface area contributed by atoms with Crippen LogP contribution in [0.15, 0.2) is 11.6 Å². The summed E-state index contributed by atoms with van der Waals surface area (Å²) in [5.74, 6) is 0.181. The lowest BCUT2D eigenvalue weighted by atomic mass is 10.3. The SMILES string of the molecule is CC(NCCS(=O)(=O)C(C)C)c1nccs1. The van der Waals surface area contributed by atoms with E-state index in [0.717, 1.165) is 5.01 Å². The third-order valence-electron chi connectivity index (χ3n) is 2.38. The van der Waals surface area contributed by atoms with Crippen LogP contribution in [0.3, 0.4) is 0 Å². The lowest BCUT2D eigenvalue weighted by molar-refractivity contribution is 0.565. The van der Waals surface area contributed by atoms with Crippen molar-refractivity contribution in [1.29, 1.82) is 0 Å². The highest BCUT2D eigenvalue weighted by molar-refractivity contribution is 7.92. The number of hydrogen-bond donors (Lipinski definition) is 1. The van der Waals surface area contributed by atoms with Crippen LogP contribution in [0.5, 0.6) is 0 Å². The largest absolute Gasteiger partial charge is 0.307 e. The summed E-state index contributed by atoms with van der Waals surface area (Å²) in [6.07, 6.45) is 1.75. The van der Waals surface area contributed by atoms with Gasteiger partial charge in [0.2, 0.25) is 0 Å². The Morgan fingerprint density at radius 1 is 1.44 bits per heavy atom. The first kappa shape index (κ1) is 13.6. The lowest BCUT2D eigenvalue weighted by Crippen LogP contribution is -2.28. The van der Waals surface area contributed by atoms with Crippen molar-refractivity contribution in [3.63, 3.8) is 0 Å². The summed E-state index contributed by atoms with van der Waals surface area (Å²) in [5, 5.41) is 5.77. The standard InChI is InChI=1S/C10H18N2O2S2/c1-8(2)16(13,14)7-5-11-9(3)10-12-4-6-15-10/h4,6,8-9,11H,5,7H2,1-3H3. The predicted octanol–water partition coefficient (Wildman–Crippen LogP) is 1.62. The summed E-state index contributed by atoms with van der Waals surface area (Å²) in [6.45, 7) is 5.88. The van der Waals surface area contributed by atoms with Crippen molar-refractivity contribution in [2.75, 3.05) is 12.3 Å². The summed E-state index contributed by atoms with van der Waals surface area (Å²) < 4.78 is 23.1. The molecule has 1 unspecified atom stereocenters. The minimum Gasteiger partial charge on any atom is -0.307 e. The van der Waals surface area contributed by atoms with Crippen LogP contribution < -0.4 is 5.32 Å². The van der Waals surface area contributed by atoms with Crippen molar-refractivity contribution in [3.05, 3.63) is 16.6 Å². The van der Waals surface area contributed by atoms with Gasteiger partial charge in [-0.1, -0.05) is 0 Å². The Morgan fingerprint density at radius 3 is 2.62 bits per heavy atom. The Balaban J connectivity index is 2.37. The van der Waals surface area contributed by atoms with E-state index >= 15 is 0 Å². The van der Waals surface area contributed by atoms with Crippen LogP contribution in [-0.2, 0) is 9.84 Å². The first-order valence-electron chi connectivity index (χ1n) is 5.28. The maximum atomic E-state index is 11.5. The molecule has 0 aromatic carbocycles. The molecule has 0 bridgehead atoms. The van der Waals surface area contributed by atoms with Gasteiger partial charge in [-0.3, -0.25) is 0 Å². The zero-order chi connectivity index (χ0) is 12.2. The van der Waals surface area contributed by atoms with Gasteiger partial charge < -0.3 is 5.32 Å². The Labute approximate surface area is 101 Å². The molecule has 0 radical (unpaired) electrons. The molecule has 4 nitrogen and oxygen atoms in total. The van der Waals surface area contributed by atoms with Crippen molar-refractivity contribution in [2.24, 2.45) is 0 Å². The molecule has 1 heterocycles. The van der Waals surface area contributed by atoms with Crippen molar-refractivity contribution in [2.45, 2.75) is 32.1 Å². The fraction of sp³-hybridized carbons (Fsp3) is 0.700. The first-order valence-corrected chi connectivity index (χ1v) is 7.87. The van der Waals surface area contributed by atoms with Gasteiger partial charge >= 0.3 is 0 Å². The first-order chi connectivity index (χ1) is 7.43. The van der Waals surface area contributed by atoms with Crippen molar-refractivity contribution in [1.82, 2.24) is 10.3 Å². The van der Waals surface area contributed by atoms with E-state index < -0.39 is 9.84 Å². The van der Waals surface area contributed by atoms with Crippen LogP contribution in [0.1, 0.15) is 31.8 Å². The van der Waals surface area contributed by atoms with Gasteiger partial charge in [0.15, 0.2) is 9.84 Å². The monoisotopic (exact) mass is 262 g/mol. The van der Waals surface area contributed by atoms with Gasteiger partial charge in [0, 0.05) is 18.1 Å². The molecule has 1 aromatic heterocycles. The van der Waals surface area contributed by atoms with Gasteiger partial charge in [-0.25, -0.2) is 13.4 Å². The van der Waals surface area contributed by atoms with E-state index in [2.05, 4.69) is 10.3 Å². The second-order valence-electron chi connectivity index (χ2n) is 3.96. The molecule has 0 saturated carbocycles. The van der Waals surface area contributed by atoms with Gasteiger partial charge in [0.05, 0.1) is 17.0 Å². The van der Waals surface area contributed by atoms with Gasteiger partial charge in [-0.2, -0.15) is 0 Å². The molecule has 1 atom stereocenters. The number of nitrogens with one attached hydrogen (secondary N) is 1. The van der Waals surface area contributed by atoms with E-state index in [-0.39, 0.29) is 17.0 Å². The van der Waals surface area contributed by atoms with E-state index in [0.29, 0.717) is 6.54 Å². The Morgan fingerprint density at radius 2 is 2.12 bits per heavy atom. The predicted molar refractivity (Wildman–Crippen MR) is 67.5 cm³/mol. The van der Waals surface area contributed by atoms with Gasteiger partial charge in [-0.15, -0.1) is 11.3 Å². The Bertz CT molecular complexity index is 398. The minimum atomic E-state index is -2.94. The molecule has 1 rings (SSSR count). The summed E-state index contributed by atoms with van der Waals surface area (Å²) >= 11 is 1.57. The molecule has 0 saturated heterocycles. The number of thiazole rings is 1. The summed E-state index contributed by atoms with van der Waals surface area (Å²) in [7, 11) is -2.94. The average molecular weight is 262 g/mol. The number of nitrogens with zero attached hydrogens (tertiary/aromatic N) is 1. The molecular weight excluding hydrogens is 244 g/mol. The highest BCUT2D eigenvalue weighted by Crippen LogP contribution is 2.14. The fourth-order valence-electron chi connectivity index (χ4n) is 1.19. The molecule has 16 heavy (non-hydrogen) atoms. The van der Waals surface area contributed by atoms with E-state index in [1.165, 1.54) is 0 Å². The minimum absolute atomic E-state index is 0.113. The molecule has 92 valence electrons. The smallest absolute Gasteiger partial charge is 0.153 e. The zero-order valence-corrected chi connectivity index (χ0v) is 11.4. The number of hydrogen-bond acceptors (Lipinski definition) is 5. The third-order valence-corrected chi connectivity index (χ3v) is 5.55. The molecule has 0 spiro atoms. The quantitative estimate of drug-likeness (QED) is 0.846. The van der Waals surface area contributed by atoms with Gasteiger partial charge in [0.25, 0.3) is 0 Å². The molecule has 0 fully saturated rings. The maximum absolute atomic E-state index is 11.5. The Hall–Kier alpha value is -0.460. The number of sulfone groups is 1. The van der Waals surface area contributed by atoms with Crippen molar-refractivity contribution in [3.8, 4) is 0 Å².